The first-order valence-electron chi connectivity index (χ1n) is 12.6. The fraction of sp³-hybridized carbons (Fsp3) is 0.300. The lowest BCUT2D eigenvalue weighted by molar-refractivity contribution is -0.131. The summed E-state index contributed by atoms with van der Waals surface area (Å²) in [7, 11) is 0. The standard InChI is InChI=1S/C30H34N4O2/c1-4-30(5-2)20-26(35)34(29(31)33-30)27(23-15-10-7-11-16-23)24-17-12-18-25(19-24)28(36)32-21(3)22-13-8-6-9-14-22/h6-19,21,27H,4-5,20H2,1-3H3,(H2,31,33)(H,32,36)/t21-,27-/m0/s1. The van der Waals surface area contributed by atoms with Crippen molar-refractivity contribution in [1.29, 1.82) is 0 Å². The minimum absolute atomic E-state index is 0.0624. The van der Waals surface area contributed by atoms with Gasteiger partial charge in [0.25, 0.3) is 5.91 Å². The van der Waals surface area contributed by atoms with Crippen LogP contribution in [0.5, 0.6) is 0 Å². The summed E-state index contributed by atoms with van der Waals surface area (Å²) in [6.07, 6.45) is 1.79. The molecule has 0 fully saturated rings. The molecule has 36 heavy (non-hydrogen) atoms. The van der Waals surface area contributed by atoms with Gasteiger partial charge in [0.05, 0.1) is 24.0 Å². The third kappa shape index (κ3) is 5.18. The maximum atomic E-state index is 13.5. The van der Waals surface area contributed by atoms with Crippen LogP contribution >= 0.6 is 0 Å². The summed E-state index contributed by atoms with van der Waals surface area (Å²) in [5.74, 6) is -0.0217. The SMILES string of the molecule is CCC1(CC)CC(=O)N([C@@H](c2ccccc2)c2cccc(C(=O)N[C@@H](C)c3ccccc3)c2)C(N)=N1. The topological polar surface area (TPSA) is 87.8 Å². The van der Waals surface area contributed by atoms with Crippen LogP contribution in [-0.4, -0.2) is 28.2 Å². The Kier molecular flexibility index (Phi) is 7.53. The highest BCUT2D eigenvalue weighted by Crippen LogP contribution is 2.36. The Morgan fingerprint density at radius 2 is 1.53 bits per heavy atom. The molecule has 0 unspecified atom stereocenters. The van der Waals surface area contributed by atoms with E-state index in [9.17, 15) is 9.59 Å². The number of nitrogens with two attached hydrogens (primary N) is 1. The Balaban J connectivity index is 1.70. The van der Waals surface area contributed by atoms with Crippen molar-refractivity contribution < 1.29 is 9.59 Å². The maximum absolute atomic E-state index is 13.5. The van der Waals surface area contributed by atoms with Crippen LogP contribution in [0.25, 0.3) is 0 Å². The van der Waals surface area contributed by atoms with Gasteiger partial charge in [-0.1, -0.05) is 86.6 Å². The second kappa shape index (κ2) is 10.8. The Bertz CT molecular complexity index is 1240. The van der Waals surface area contributed by atoms with Gasteiger partial charge in [0.15, 0.2) is 5.96 Å². The van der Waals surface area contributed by atoms with Crippen molar-refractivity contribution in [2.45, 2.75) is 57.7 Å². The molecule has 0 spiro atoms. The Labute approximate surface area is 213 Å². The summed E-state index contributed by atoms with van der Waals surface area (Å²) < 4.78 is 0. The molecule has 2 amide bonds. The van der Waals surface area contributed by atoms with Gasteiger partial charge in [-0.25, -0.2) is 4.99 Å². The first-order chi connectivity index (χ1) is 17.4. The highest BCUT2D eigenvalue weighted by molar-refractivity contribution is 6.00. The normalized spacial score (nSPS) is 16.7. The number of hydrogen-bond donors (Lipinski definition) is 2. The molecule has 0 saturated heterocycles. The van der Waals surface area contributed by atoms with Gasteiger partial charge in [-0.15, -0.1) is 0 Å². The van der Waals surface area contributed by atoms with Crippen molar-refractivity contribution in [2.75, 3.05) is 0 Å². The molecule has 0 bridgehead atoms. The molecule has 3 N–H and O–H groups in total. The highest BCUT2D eigenvalue weighted by Gasteiger charge is 2.40. The second-order valence-corrected chi connectivity index (χ2v) is 9.39. The summed E-state index contributed by atoms with van der Waals surface area (Å²) in [6.45, 7) is 6.04. The van der Waals surface area contributed by atoms with Crippen LogP contribution in [0, 0.1) is 0 Å². The third-order valence-electron chi connectivity index (χ3n) is 7.15. The van der Waals surface area contributed by atoms with E-state index < -0.39 is 11.6 Å². The van der Waals surface area contributed by atoms with E-state index in [0.29, 0.717) is 12.0 Å². The van der Waals surface area contributed by atoms with Crippen molar-refractivity contribution in [3.8, 4) is 0 Å². The number of carbonyl (C=O) groups is 2. The van der Waals surface area contributed by atoms with Crippen LogP contribution in [-0.2, 0) is 4.79 Å². The van der Waals surface area contributed by atoms with E-state index >= 15 is 0 Å². The molecule has 0 saturated carbocycles. The first-order valence-corrected chi connectivity index (χ1v) is 12.6. The number of rotatable bonds is 8. The molecule has 1 heterocycles. The number of nitrogens with one attached hydrogen (secondary N) is 1. The van der Waals surface area contributed by atoms with Crippen LogP contribution < -0.4 is 11.1 Å². The minimum atomic E-state index is -0.492. The molecule has 186 valence electrons. The molecule has 0 radical (unpaired) electrons. The Morgan fingerprint density at radius 1 is 0.944 bits per heavy atom. The van der Waals surface area contributed by atoms with Crippen molar-refractivity contribution >= 4 is 17.8 Å². The maximum Gasteiger partial charge on any atom is 0.251 e. The number of benzene rings is 3. The summed E-state index contributed by atoms with van der Waals surface area (Å²) >= 11 is 0. The lowest BCUT2D eigenvalue weighted by atomic mass is 9.86. The molecule has 6 heteroatoms. The molecule has 2 atom stereocenters. The molecule has 3 aromatic carbocycles. The molecule has 3 aromatic rings. The zero-order chi connectivity index (χ0) is 25.7. The largest absolute Gasteiger partial charge is 0.369 e. The fourth-order valence-corrected chi connectivity index (χ4v) is 4.85. The van der Waals surface area contributed by atoms with Crippen molar-refractivity contribution in [2.24, 2.45) is 10.7 Å². The molecule has 1 aliphatic heterocycles. The highest BCUT2D eigenvalue weighted by atomic mass is 16.2. The summed E-state index contributed by atoms with van der Waals surface area (Å²) in [5.41, 5.74) is 9.26. The average molecular weight is 483 g/mol. The van der Waals surface area contributed by atoms with E-state index in [-0.39, 0.29) is 23.8 Å². The van der Waals surface area contributed by atoms with Crippen LogP contribution in [0.1, 0.15) is 79.2 Å². The number of hydrogen-bond acceptors (Lipinski definition) is 4. The minimum Gasteiger partial charge on any atom is -0.369 e. The van der Waals surface area contributed by atoms with E-state index in [4.69, 9.17) is 10.7 Å². The summed E-state index contributed by atoms with van der Waals surface area (Å²) in [6, 6.07) is 26.3. The number of carbonyl (C=O) groups excluding carboxylic acids is 2. The summed E-state index contributed by atoms with van der Waals surface area (Å²) in [5, 5.41) is 3.07. The smallest absolute Gasteiger partial charge is 0.251 e. The number of nitrogens with zero attached hydrogens (tertiary/aromatic N) is 2. The van der Waals surface area contributed by atoms with Gasteiger partial charge in [-0.3, -0.25) is 14.5 Å². The van der Waals surface area contributed by atoms with Gasteiger partial charge < -0.3 is 11.1 Å². The van der Waals surface area contributed by atoms with Crippen molar-refractivity contribution in [1.82, 2.24) is 10.2 Å². The lowest BCUT2D eigenvalue weighted by Gasteiger charge is -2.40. The van der Waals surface area contributed by atoms with E-state index in [0.717, 1.165) is 29.5 Å². The van der Waals surface area contributed by atoms with Crippen LogP contribution in [0.3, 0.4) is 0 Å². The molecular weight excluding hydrogens is 448 g/mol. The van der Waals surface area contributed by atoms with E-state index in [2.05, 4.69) is 5.32 Å². The fourth-order valence-electron chi connectivity index (χ4n) is 4.85. The number of aliphatic imine (C=N–C) groups is 1. The van der Waals surface area contributed by atoms with E-state index in [1.54, 1.807) is 11.0 Å². The van der Waals surface area contributed by atoms with Gasteiger partial charge in [0.1, 0.15) is 0 Å². The van der Waals surface area contributed by atoms with Gasteiger partial charge in [0, 0.05) is 5.56 Å². The first kappa shape index (κ1) is 25.2. The quantitative estimate of drug-likeness (QED) is 0.452. The monoisotopic (exact) mass is 482 g/mol. The zero-order valence-electron chi connectivity index (χ0n) is 21.1. The summed E-state index contributed by atoms with van der Waals surface area (Å²) in [4.78, 5) is 33.1. The molecule has 1 aliphatic rings. The van der Waals surface area contributed by atoms with Crippen molar-refractivity contribution in [3.63, 3.8) is 0 Å². The average Bonchev–Trinajstić information content (AvgIpc) is 2.91. The van der Waals surface area contributed by atoms with Gasteiger partial charge in [-0.05, 0) is 48.6 Å². The molecule has 0 aromatic heterocycles. The molecule has 6 nitrogen and oxygen atoms in total. The van der Waals surface area contributed by atoms with Gasteiger partial charge in [-0.2, -0.15) is 0 Å². The zero-order valence-corrected chi connectivity index (χ0v) is 21.1. The molecule has 0 aliphatic carbocycles. The predicted octanol–water partition coefficient (Wildman–Crippen LogP) is 5.37. The molecule has 4 rings (SSSR count). The number of guanidine groups is 1. The van der Waals surface area contributed by atoms with Gasteiger partial charge >= 0.3 is 0 Å². The van der Waals surface area contributed by atoms with Gasteiger partial charge in [0.2, 0.25) is 5.91 Å². The Hall–Kier alpha value is -3.93. The predicted molar refractivity (Wildman–Crippen MR) is 143 cm³/mol. The van der Waals surface area contributed by atoms with E-state index in [1.165, 1.54) is 0 Å². The van der Waals surface area contributed by atoms with Crippen LogP contribution in [0.4, 0.5) is 0 Å². The second-order valence-electron chi connectivity index (χ2n) is 9.39. The van der Waals surface area contributed by atoms with Crippen LogP contribution in [0.2, 0.25) is 0 Å². The third-order valence-corrected chi connectivity index (χ3v) is 7.15. The lowest BCUT2D eigenvalue weighted by Crippen LogP contribution is -2.52. The number of amides is 2. The van der Waals surface area contributed by atoms with Crippen LogP contribution in [0.15, 0.2) is 89.9 Å². The Morgan fingerprint density at radius 3 is 2.11 bits per heavy atom. The molecular formula is C30H34N4O2. The van der Waals surface area contributed by atoms with E-state index in [1.807, 2.05) is 99.6 Å². The van der Waals surface area contributed by atoms with Crippen molar-refractivity contribution in [3.05, 3.63) is 107 Å².